The zero-order valence-corrected chi connectivity index (χ0v) is 13.0. The summed E-state index contributed by atoms with van der Waals surface area (Å²) in [4.78, 5) is 14.4. The Hall–Kier alpha value is -2.14. The van der Waals surface area contributed by atoms with Crippen molar-refractivity contribution >= 4 is 5.91 Å². The minimum Gasteiger partial charge on any atom is -0.451 e. The maximum Gasteiger partial charge on any atom is 0.289 e. The molecule has 3 rings (SSSR count). The molecule has 1 fully saturated rings. The van der Waals surface area contributed by atoms with Gasteiger partial charge in [-0.25, -0.2) is 4.39 Å². The van der Waals surface area contributed by atoms with Crippen molar-refractivity contribution in [2.24, 2.45) is 5.92 Å². The van der Waals surface area contributed by atoms with Crippen LogP contribution in [0.15, 0.2) is 40.8 Å². The lowest BCUT2D eigenvalue weighted by molar-refractivity contribution is 0.0460. The lowest BCUT2D eigenvalue weighted by Crippen LogP contribution is -2.46. The number of halogens is 1. The lowest BCUT2D eigenvalue weighted by atomic mass is 9.94. The predicted molar refractivity (Wildman–Crippen MR) is 84.4 cm³/mol. The van der Waals surface area contributed by atoms with Crippen LogP contribution in [0.2, 0.25) is 0 Å². The summed E-state index contributed by atoms with van der Waals surface area (Å²) in [5.41, 5.74) is 0.727. The number of piperidine rings is 1. The zero-order chi connectivity index (χ0) is 16.4. The van der Waals surface area contributed by atoms with Crippen LogP contribution in [0.5, 0.6) is 0 Å². The molecule has 2 aromatic rings. The Labute approximate surface area is 134 Å². The molecule has 0 bridgehead atoms. The smallest absolute Gasteiger partial charge is 0.289 e. The van der Waals surface area contributed by atoms with Gasteiger partial charge in [0.2, 0.25) is 0 Å². The minimum atomic E-state index is -0.311. The Balaban J connectivity index is 1.79. The van der Waals surface area contributed by atoms with Gasteiger partial charge in [0.15, 0.2) is 5.76 Å². The predicted octanol–water partition coefficient (Wildman–Crippen LogP) is 3.32. The van der Waals surface area contributed by atoms with Gasteiger partial charge in [-0.15, -0.1) is 0 Å². The number of carbonyl (C=O) groups excluding carboxylic acids is 1. The molecule has 1 aliphatic heterocycles. The van der Waals surface area contributed by atoms with Crippen molar-refractivity contribution in [3.63, 3.8) is 0 Å². The first-order valence-corrected chi connectivity index (χ1v) is 7.86. The standard InChI is InChI=1S/C18H20FNO3/c1-12-2-3-13(11-21)10-20(12)18(22)17-9-8-16(23-17)14-4-6-15(19)7-5-14/h4-9,12-13,21H,2-3,10-11H2,1H3. The summed E-state index contributed by atoms with van der Waals surface area (Å²) in [6, 6.07) is 9.45. The number of furan rings is 1. The molecule has 1 aromatic heterocycles. The van der Waals surface area contributed by atoms with E-state index in [0.717, 1.165) is 18.4 Å². The maximum atomic E-state index is 13.0. The number of carbonyl (C=O) groups is 1. The van der Waals surface area contributed by atoms with Crippen LogP contribution in [0.3, 0.4) is 0 Å². The molecule has 0 spiro atoms. The molecule has 1 N–H and O–H groups in total. The summed E-state index contributed by atoms with van der Waals surface area (Å²) in [5.74, 6) is 0.464. The molecule has 5 heteroatoms. The second-order valence-corrected chi connectivity index (χ2v) is 6.10. The number of aliphatic hydroxyl groups is 1. The third-order valence-electron chi connectivity index (χ3n) is 4.44. The first-order valence-electron chi connectivity index (χ1n) is 7.86. The SMILES string of the molecule is CC1CCC(CO)CN1C(=O)c1ccc(-c2ccc(F)cc2)o1. The second kappa shape index (κ2) is 6.54. The Morgan fingerprint density at radius 3 is 2.70 bits per heavy atom. The average molecular weight is 317 g/mol. The van der Waals surface area contributed by atoms with Crippen LogP contribution in [-0.4, -0.2) is 35.1 Å². The van der Waals surface area contributed by atoms with Crippen LogP contribution in [0, 0.1) is 11.7 Å². The second-order valence-electron chi connectivity index (χ2n) is 6.10. The fraction of sp³-hybridized carbons (Fsp3) is 0.389. The fourth-order valence-corrected chi connectivity index (χ4v) is 2.98. The van der Waals surface area contributed by atoms with Gasteiger partial charge < -0.3 is 14.4 Å². The van der Waals surface area contributed by atoms with E-state index in [2.05, 4.69) is 0 Å². The average Bonchev–Trinajstić information content (AvgIpc) is 3.05. The molecule has 2 heterocycles. The maximum absolute atomic E-state index is 13.0. The molecular weight excluding hydrogens is 297 g/mol. The van der Waals surface area contributed by atoms with Crippen molar-refractivity contribution in [1.29, 1.82) is 0 Å². The van der Waals surface area contributed by atoms with Crippen molar-refractivity contribution in [3.8, 4) is 11.3 Å². The number of benzene rings is 1. The van der Waals surface area contributed by atoms with Crippen molar-refractivity contribution in [2.45, 2.75) is 25.8 Å². The lowest BCUT2D eigenvalue weighted by Gasteiger charge is -2.36. The van der Waals surface area contributed by atoms with Crippen molar-refractivity contribution in [3.05, 3.63) is 48.0 Å². The summed E-state index contributed by atoms with van der Waals surface area (Å²) >= 11 is 0. The summed E-state index contributed by atoms with van der Waals surface area (Å²) in [6.45, 7) is 2.65. The van der Waals surface area contributed by atoms with Crippen LogP contribution in [0.4, 0.5) is 4.39 Å². The number of hydrogen-bond donors (Lipinski definition) is 1. The largest absolute Gasteiger partial charge is 0.451 e. The van der Waals surface area contributed by atoms with E-state index in [1.807, 2.05) is 6.92 Å². The highest BCUT2D eigenvalue weighted by atomic mass is 19.1. The third kappa shape index (κ3) is 3.29. The van der Waals surface area contributed by atoms with Crippen LogP contribution >= 0.6 is 0 Å². The summed E-state index contributed by atoms with van der Waals surface area (Å²) in [5, 5.41) is 9.33. The minimum absolute atomic E-state index is 0.0927. The molecule has 0 saturated carbocycles. The van der Waals surface area contributed by atoms with E-state index in [-0.39, 0.29) is 36.1 Å². The Morgan fingerprint density at radius 2 is 2.00 bits per heavy atom. The molecule has 23 heavy (non-hydrogen) atoms. The molecule has 0 aliphatic carbocycles. The van der Waals surface area contributed by atoms with Gasteiger partial charge in [-0.05, 0) is 62.1 Å². The zero-order valence-electron chi connectivity index (χ0n) is 13.0. The molecule has 1 amide bonds. The summed E-state index contributed by atoms with van der Waals surface area (Å²) < 4.78 is 18.6. The third-order valence-corrected chi connectivity index (χ3v) is 4.44. The van der Waals surface area contributed by atoms with Gasteiger partial charge in [0.05, 0.1) is 0 Å². The van der Waals surface area contributed by atoms with E-state index in [0.29, 0.717) is 12.3 Å². The highest BCUT2D eigenvalue weighted by molar-refractivity contribution is 5.92. The first-order chi connectivity index (χ1) is 11.1. The molecule has 1 saturated heterocycles. The quantitative estimate of drug-likeness (QED) is 0.945. The monoisotopic (exact) mass is 317 g/mol. The molecular formula is C18H20FNO3. The number of amides is 1. The molecule has 2 unspecified atom stereocenters. The van der Waals surface area contributed by atoms with Gasteiger partial charge in [-0.1, -0.05) is 0 Å². The van der Waals surface area contributed by atoms with Crippen molar-refractivity contribution in [2.75, 3.05) is 13.2 Å². The number of likely N-dealkylation sites (tertiary alicyclic amines) is 1. The van der Waals surface area contributed by atoms with E-state index in [1.165, 1.54) is 12.1 Å². The van der Waals surface area contributed by atoms with Crippen LogP contribution in [-0.2, 0) is 0 Å². The normalized spacial score (nSPS) is 21.4. The van der Waals surface area contributed by atoms with E-state index in [4.69, 9.17) is 4.42 Å². The number of hydrogen-bond acceptors (Lipinski definition) is 3. The Kier molecular flexibility index (Phi) is 4.48. The number of aliphatic hydroxyl groups excluding tert-OH is 1. The molecule has 2 atom stereocenters. The highest BCUT2D eigenvalue weighted by Gasteiger charge is 2.30. The molecule has 1 aromatic carbocycles. The summed E-state index contributed by atoms with van der Waals surface area (Å²) in [7, 11) is 0. The van der Waals surface area contributed by atoms with Crippen LogP contribution < -0.4 is 0 Å². The fourth-order valence-electron chi connectivity index (χ4n) is 2.98. The number of rotatable bonds is 3. The van der Waals surface area contributed by atoms with Crippen LogP contribution in [0.25, 0.3) is 11.3 Å². The van der Waals surface area contributed by atoms with Gasteiger partial charge in [-0.2, -0.15) is 0 Å². The molecule has 1 aliphatic rings. The Morgan fingerprint density at radius 1 is 1.26 bits per heavy atom. The van der Waals surface area contributed by atoms with E-state index in [9.17, 15) is 14.3 Å². The van der Waals surface area contributed by atoms with Gasteiger partial charge in [0.25, 0.3) is 5.91 Å². The summed E-state index contributed by atoms with van der Waals surface area (Å²) in [6.07, 6.45) is 1.81. The van der Waals surface area contributed by atoms with Crippen molar-refractivity contribution < 1.29 is 18.7 Å². The highest BCUT2D eigenvalue weighted by Crippen LogP contribution is 2.27. The van der Waals surface area contributed by atoms with Gasteiger partial charge in [0.1, 0.15) is 11.6 Å². The molecule has 122 valence electrons. The molecule has 0 radical (unpaired) electrons. The topological polar surface area (TPSA) is 53.7 Å². The first kappa shape index (κ1) is 15.7. The van der Waals surface area contributed by atoms with Gasteiger partial charge >= 0.3 is 0 Å². The van der Waals surface area contributed by atoms with E-state index < -0.39 is 0 Å². The van der Waals surface area contributed by atoms with Gasteiger partial charge in [0, 0.05) is 24.8 Å². The van der Waals surface area contributed by atoms with Crippen molar-refractivity contribution in [1.82, 2.24) is 4.90 Å². The van der Waals surface area contributed by atoms with E-state index >= 15 is 0 Å². The van der Waals surface area contributed by atoms with E-state index in [1.54, 1.807) is 29.2 Å². The number of nitrogens with zero attached hydrogens (tertiary/aromatic N) is 1. The molecule has 4 nitrogen and oxygen atoms in total. The Bertz CT molecular complexity index is 680. The van der Waals surface area contributed by atoms with Crippen LogP contribution in [0.1, 0.15) is 30.3 Å². The van der Waals surface area contributed by atoms with Gasteiger partial charge in [-0.3, -0.25) is 4.79 Å².